The number of hydrogen-bond donors (Lipinski definition) is 1. The topological polar surface area (TPSA) is 113 Å². The van der Waals surface area contributed by atoms with Crippen molar-refractivity contribution in [3.05, 3.63) is 77.9 Å². The molecule has 1 heterocycles. The molecule has 0 spiro atoms. The monoisotopic (exact) mass is 529 g/mol. The number of fused-ring (bicyclic) bond motifs is 1. The molecule has 0 unspecified atom stereocenters. The third-order valence-electron chi connectivity index (χ3n) is 5.96. The van der Waals surface area contributed by atoms with Crippen LogP contribution in [0.15, 0.2) is 76.5 Å². The van der Waals surface area contributed by atoms with Crippen LogP contribution in [0.1, 0.15) is 22.3 Å². The molecule has 0 aromatic heterocycles. The molecule has 9 nitrogen and oxygen atoms in total. The number of aryl methyl sites for hydroxylation is 1. The molecule has 0 saturated heterocycles. The van der Waals surface area contributed by atoms with Gasteiger partial charge >= 0.3 is 0 Å². The summed E-state index contributed by atoms with van der Waals surface area (Å²) in [6.07, 6.45) is 1.31. The Bertz CT molecular complexity index is 1480. The van der Waals surface area contributed by atoms with Crippen LogP contribution in [0.5, 0.6) is 5.75 Å². The normalized spacial score (nSPS) is 13.8. The third kappa shape index (κ3) is 4.95. The summed E-state index contributed by atoms with van der Waals surface area (Å²) in [7, 11) is -2.95. The van der Waals surface area contributed by atoms with Gasteiger partial charge in [0.05, 0.1) is 22.6 Å². The van der Waals surface area contributed by atoms with Crippen LogP contribution in [0.2, 0.25) is 0 Å². The number of methoxy groups -OCH3 is 1. The van der Waals surface area contributed by atoms with E-state index in [1.807, 2.05) is 0 Å². The summed E-state index contributed by atoms with van der Waals surface area (Å²) in [5, 5.41) is 2.81. The van der Waals surface area contributed by atoms with E-state index in [0.29, 0.717) is 42.1 Å². The second-order valence-electron chi connectivity index (χ2n) is 8.47. The van der Waals surface area contributed by atoms with E-state index in [0.717, 1.165) is 9.87 Å². The van der Waals surface area contributed by atoms with Crippen LogP contribution in [0, 0.1) is 0 Å². The first-order valence-electron chi connectivity index (χ1n) is 11.2. The number of rotatable bonds is 7. The Morgan fingerprint density at radius 2 is 1.56 bits per heavy atom. The fourth-order valence-corrected chi connectivity index (χ4v) is 6.40. The molecule has 1 aliphatic rings. The molecule has 36 heavy (non-hydrogen) atoms. The van der Waals surface area contributed by atoms with E-state index >= 15 is 0 Å². The summed E-state index contributed by atoms with van der Waals surface area (Å²) < 4.78 is 58.7. The van der Waals surface area contributed by atoms with Crippen molar-refractivity contribution in [3.63, 3.8) is 0 Å². The van der Waals surface area contributed by atoms with Crippen molar-refractivity contribution in [1.82, 2.24) is 4.31 Å². The predicted molar refractivity (Wildman–Crippen MR) is 138 cm³/mol. The zero-order valence-corrected chi connectivity index (χ0v) is 21.8. The maximum absolute atomic E-state index is 13.3. The molecule has 4 rings (SSSR count). The maximum Gasteiger partial charge on any atom is 0.264 e. The van der Waals surface area contributed by atoms with Crippen LogP contribution in [0.25, 0.3) is 0 Å². The van der Waals surface area contributed by atoms with Crippen LogP contribution in [-0.2, 0) is 26.5 Å². The quantitative estimate of drug-likeness (QED) is 0.502. The Labute approximate surface area is 211 Å². The van der Waals surface area contributed by atoms with Crippen molar-refractivity contribution >= 4 is 37.3 Å². The molecule has 0 bridgehead atoms. The molecule has 0 atom stereocenters. The Hall–Kier alpha value is -3.41. The Kier molecular flexibility index (Phi) is 7.07. The molecular weight excluding hydrogens is 502 g/mol. The van der Waals surface area contributed by atoms with E-state index in [4.69, 9.17) is 4.74 Å². The zero-order chi connectivity index (χ0) is 26.1. The van der Waals surface area contributed by atoms with Gasteiger partial charge in [-0.3, -0.25) is 9.10 Å². The highest BCUT2D eigenvalue weighted by atomic mass is 32.2. The van der Waals surface area contributed by atoms with Gasteiger partial charge in [0, 0.05) is 31.9 Å². The molecule has 190 valence electrons. The summed E-state index contributed by atoms with van der Waals surface area (Å²) in [6, 6.07) is 17.1. The fourth-order valence-electron chi connectivity index (χ4n) is 3.96. The van der Waals surface area contributed by atoms with E-state index < -0.39 is 26.0 Å². The Balaban J connectivity index is 1.54. The molecule has 0 aliphatic carbocycles. The second kappa shape index (κ2) is 9.92. The van der Waals surface area contributed by atoms with Crippen LogP contribution in [0.4, 0.5) is 11.4 Å². The molecule has 0 radical (unpaired) electrons. The van der Waals surface area contributed by atoms with Gasteiger partial charge in [-0.2, -0.15) is 0 Å². The molecule has 0 saturated carbocycles. The lowest BCUT2D eigenvalue weighted by molar-refractivity contribution is 0.102. The van der Waals surface area contributed by atoms with Crippen molar-refractivity contribution in [3.8, 4) is 5.75 Å². The van der Waals surface area contributed by atoms with Gasteiger partial charge in [-0.15, -0.1) is 0 Å². The van der Waals surface area contributed by atoms with E-state index in [9.17, 15) is 21.6 Å². The average molecular weight is 530 g/mol. The van der Waals surface area contributed by atoms with Crippen molar-refractivity contribution in [2.75, 3.05) is 37.4 Å². The number of anilines is 2. The van der Waals surface area contributed by atoms with E-state index in [-0.39, 0.29) is 9.79 Å². The number of nitrogens with one attached hydrogen (secondary N) is 1. The van der Waals surface area contributed by atoms with Gasteiger partial charge in [0.2, 0.25) is 10.0 Å². The van der Waals surface area contributed by atoms with Crippen molar-refractivity contribution < 1.29 is 26.4 Å². The summed E-state index contributed by atoms with van der Waals surface area (Å²) in [5.41, 5.74) is 2.21. The van der Waals surface area contributed by atoms with Crippen molar-refractivity contribution in [2.45, 2.75) is 22.6 Å². The number of sulfonamides is 2. The highest BCUT2D eigenvalue weighted by Crippen LogP contribution is 2.34. The van der Waals surface area contributed by atoms with Gasteiger partial charge in [-0.1, -0.05) is 0 Å². The minimum Gasteiger partial charge on any atom is -0.497 e. The number of nitrogens with zero attached hydrogens (tertiary/aromatic N) is 2. The Morgan fingerprint density at radius 1 is 0.917 bits per heavy atom. The first kappa shape index (κ1) is 25.7. The van der Waals surface area contributed by atoms with Crippen LogP contribution < -0.4 is 14.4 Å². The van der Waals surface area contributed by atoms with E-state index in [2.05, 4.69) is 5.32 Å². The smallest absolute Gasteiger partial charge is 0.264 e. The molecule has 1 N–H and O–H groups in total. The third-order valence-corrected chi connectivity index (χ3v) is 9.61. The number of ether oxygens (including phenoxy) is 1. The molecular formula is C25H27N3O6S2. The standard InChI is InChI=1S/C25H27N3O6S2/c1-27(2)35(30,31)22-11-6-18(7-12-22)25(29)26-20-8-15-24-19(17-20)5-4-16-28(24)36(32,33)23-13-9-21(34-3)10-14-23/h6-15,17H,4-5,16H2,1-3H3,(H,26,29). The molecule has 11 heteroatoms. The van der Waals surface area contributed by atoms with Crippen LogP contribution in [0.3, 0.4) is 0 Å². The lowest BCUT2D eigenvalue weighted by Crippen LogP contribution is -2.35. The van der Waals surface area contributed by atoms with Gasteiger partial charge in [0.15, 0.2) is 0 Å². The fraction of sp³-hybridized carbons (Fsp3) is 0.240. The molecule has 1 aliphatic heterocycles. The number of hydrogen-bond acceptors (Lipinski definition) is 6. The van der Waals surface area contributed by atoms with E-state index in [1.54, 1.807) is 30.3 Å². The predicted octanol–water partition coefficient (Wildman–Crippen LogP) is 3.34. The highest BCUT2D eigenvalue weighted by Gasteiger charge is 2.29. The lowest BCUT2D eigenvalue weighted by atomic mass is 10.0. The largest absolute Gasteiger partial charge is 0.497 e. The zero-order valence-electron chi connectivity index (χ0n) is 20.1. The summed E-state index contributed by atoms with van der Waals surface area (Å²) >= 11 is 0. The number of benzene rings is 3. The summed E-state index contributed by atoms with van der Waals surface area (Å²) in [6.45, 7) is 0.356. The van der Waals surface area contributed by atoms with Crippen molar-refractivity contribution in [2.24, 2.45) is 0 Å². The lowest BCUT2D eigenvalue weighted by Gasteiger charge is -2.31. The Morgan fingerprint density at radius 3 is 2.17 bits per heavy atom. The van der Waals surface area contributed by atoms with Gasteiger partial charge < -0.3 is 10.1 Å². The highest BCUT2D eigenvalue weighted by molar-refractivity contribution is 7.92. The molecule has 3 aromatic carbocycles. The van der Waals surface area contributed by atoms with Crippen molar-refractivity contribution in [1.29, 1.82) is 0 Å². The minimum absolute atomic E-state index is 0.0935. The maximum atomic E-state index is 13.3. The van der Waals surface area contributed by atoms with Crippen LogP contribution >= 0.6 is 0 Å². The summed E-state index contributed by atoms with van der Waals surface area (Å²) in [5.74, 6) is 0.171. The molecule has 3 aromatic rings. The van der Waals surface area contributed by atoms with Gasteiger partial charge in [-0.25, -0.2) is 21.1 Å². The van der Waals surface area contributed by atoms with E-state index in [1.165, 1.54) is 61.9 Å². The second-order valence-corrected chi connectivity index (χ2v) is 12.5. The minimum atomic E-state index is -3.76. The number of carbonyl (C=O) groups excluding carboxylic acids is 1. The first-order chi connectivity index (χ1) is 17.0. The average Bonchev–Trinajstić information content (AvgIpc) is 2.88. The van der Waals surface area contributed by atoms with Crippen LogP contribution in [-0.4, -0.2) is 54.8 Å². The SMILES string of the molecule is COc1ccc(S(=O)(=O)N2CCCc3cc(NC(=O)c4ccc(S(=O)(=O)N(C)C)cc4)ccc32)cc1. The number of carbonyl (C=O) groups is 1. The van der Waals surface area contributed by atoms with Gasteiger partial charge in [-0.05, 0) is 85.1 Å². The first-order valence-corrected chi connectivity index (χ1v) is 14.1. The van der Waals surface area contributed by atoms with Gasteiger partial charge in [0.1, 0.15) is 5.75 Å². The molecule has 1 amide bonds. The summed E-state index contributed by atoms with van der Waals surface area (Å²) in [4.78, 5) is 13.0. The van der Waals surface area contributed by atoms with Gasteiger partial charge in [0.25, 0.3) is 15.9 Å². The number of amides is 1. The molecule has 0 fully saturated rings.